The van der Waals surface area contributed by atoms with Crippen molar-refractivity contribution in [3.63, 3.8) is 0 Å². The van der Waals surface area contributed by atoms with E-state index in [1.165, 1.54) is 0 Å². The summed E-state index contributed by atoms with van der Waals surface area (Å²) in [6.07, 6.45) is 1.62. The van der Waals surface area contributed by atoms with E-state index in [4.69, 9.17) is 9.47 Å². The predicted octanol–water partition coefficient (Wildman–Crippen LogP) is 7.02. The van der Waals surface area contributed by atoms with Crippen LogP contribution in [0.1, 0.15) is 41.2 Å². The monoisotopic (exact) mass is 774 g/mol. The number of amides is 3. The summed E-state index contributed by atoms with van der Waals surface area (Å²) in [7, 11) is -2.00. The third kappa shape index (κ3) is 6.59. The van der Waals surface area contributed by atoms with Crippen molar-refractivity contribution in [1.29, 1.82) is 0 Å². The Bertz CT molecular complexity index is 2310. The number of rotatable bonds is 10. The summed E-state index contributed by atoms with van der Waals surface area (Å²) >= 11 is 0. The van der Waals surface area contributed by atoms with Crippen LogP contribution in [0.2, 0.25) is 18.6 Å². The van der Waals surface area contributed by atoms with E-state index in [0.29, 0.717) is 35.7 Å². The minimum absolute atomic E-state index is 0.115. The number of hydrogen-bond donors (Lipinski definition) is 3. The number of anilines is 2. The van der Waals surface area contributed by atoms with Gasteiger partial charge in [-0.2, -0.15) is 0 Å². The van der Waals surface area contributed by atoms with Crippen molar-refractivity contribution in [2.75, 3.05) is 23.9 Å². The van der Waals surface area contributed by atoms with Gasteiger partial charge in [-0.3, -0.25) is 14.4 Å². The Kier molecular flexibility index (Phi) is 9.84. The molecule has 4 heterocycles. The molecule has 10 nitrogen and oxygen atoms in total. The predicted molar refractivity (Wildman–Crippen MR) is 216 cm³/mol. The molecule has 56 heavy (non-hydrogen) atoms. The van der Waals surface area contributed by atoms with E-state index in [9.17, 15) is 19.5 Å². The largest absolute Gasteiger partial charge is 0.497 e. The Morgan fingerprint density at radius 3 is 2.50 bits per heavy atom. The topological polar surface area (TPSA) is 124 Å². The molecule has 3 aliphatic rings. The zero-order chi connectivity index (χ0) is 39.4. The number of aliphatic hydroxyl groups excluding tert-OH is 1. The van der Waals surface area contributed by atoms with Crippen LogP contribution < -0.4 is 15.0 Å². The van der Waals surface area contributed by atoms with Gasteiger partial charge in [0.2, 0.25) is 20.2 Å². The Morgan fingerprint density at radius 2 is 1.77 bits per heavy atom. The summed E-state index contributed by atoms with van der Waals surface area (Å²) < 4.78 is 29.1. The van der Waals surface area contributed by atoms with Crippen LogP contribution in [0.25, 0.3) is 10.9 Å². The number of aliphatic hydroxyl groups is 1. The second kappa shape index (κ2) is 14.6. The molecule has 0 aliphatic carbocycles. The van der Waals surface area contributed by atoms with E-state index in [1.54, 1.807) is 42.1 Å². The molecule has 3 N–H and O–H groups in total. The number of benzene rings is 4. The van der Waals surface area contributed by atoms with Gasteiger partial charge >= 0.3 is 0 Å². The molecule has 290 valence electrons. The first-order valence-corrected chi connectivity index (χ1v) is 22.1. The first kappa shape index (κ1) is 37.6. The van der Waals surface area contributed by atoms with E-state index in [0.717, 1.165) is 33.2 Å². The lowest BCUT2D eigenvalue weighted by atomic mass is 9.82. The maximum Gasteiger partial charge on any atom is 0.264 e. The Balaban J connectivity index is 1.04. The first-order chi connectivity index (χ1) is 26.9. The standard InChI is InChI=1S/C44H47FN4O6Si/c1-27-42(56(3,4)45)39(22-41(52)48-25-30-10-6-5-9-29(30)19-33(48)26-50)55-44(27)36-21-34(54-2)17-18-38(36)49(43(44)53)24-28-13-15-32(16-14-28)47-40(51)20-31-23-46-37-12-8-7-11-35(31)37/h5-18,21,23,27,33,39,42,46,50H,19-20,22,24-26H2,1-4H3,(H,47,51)/t27-,33+,39+,42-,44+/m1/s1. The number of nitrogens with one attached hydrogen (secondary N) is 2. The Hall–Kier alpha value is -5.30. The van der Waals surface area contributed by atoms with Crippen LogP contribution in [0, 0.1) is 5.92 Å². The number of H-pyrrole nitrogens is 1. The normalized spacial score (nSPS) is 23.1. The number of aromatic amines is 1. The lowest BCUT2D eigenvalue weighted by molar-refractivity contribution is -0.151. The maximum absolute atomic E-state index is 16.6. The second-order valence-electron chi connectivity index (χ2n) is 15.9. The molecule has 0 radical (unpaired) electrons. The first-order valence-electron chi connectivity index (χ1n) is 19.2. The molecule has 0 unspecified atom stereocenters. The average Bonchev–Trinajstić information content (AvgIpc) is 3.81. The summed E-state index contributed by atoms with van der Waals surface area (Å²) in [5.41, 5.74) is 4.46. The Labute approximate surface area is 326 Å². The fraction of sp³-hybridized carbons (Fsp3) is 0.341. The third-order valence-corrected chi connectivity index (χ3v) is 14.5. The molecule has 1 saturated heterocycles. The van der Waals surface area contributed by atoms with Gasteiger partial charge in [-0.15, -0.1) is 0 Å². The van der Waals surface area contributed by atoms with E-state index in [-0.39, 0.29) is 43.7 Å². The number of aromatic nitrogens is 1. The molecule has 4 aromatic carbocycles. The van der Waals surface area contributed by atoms with Gasteiger partial charge in [-0.05, 0) is 78.2 Å². The number of para-hydroxylation sites is 1. The number of carbonyl (C=O) groups is 3. The van der Waals surface area contributed by atoms with Crippen molar-refractivity contribution >= 4 is 48.4 Å². The summed E-state index contributed by atoms with van der Waals surface area (Å²) in [5.74, 6) is -0.762. The zero-order valence-corrected chi connectivity index (χ0v) is 33.1. The van der Waals surface area contributed by atoms with Crippen molar-refractivity contribution < 1.29 is 33.1 Å². The van der Waals surface area contributed by atoms with Crippen LogP contribution in [0.3, 0.4) is 0 Å². The number of carbonyl (C=O) groups excluding carboxylic acids is 3. The van der Waals surface area contributed by atoms with E-state index < -0.39 is 37.6 Å². The van der Waals surface area contributed by atoms with Crippen LogP contribution in [0.15, 0.2) is 97.2 Å². The molecule has 1 aromatic heterocycles. The van der Waals surface area contributed by atoms with E-state index in [1.807, 2.05) is 92.0 Å². The number of nitrogens with zero attached hydrogens (tertiary/aromatic N) is 2. The molecule has 3 aliphatic heterocycles. The SMILES string of the molecule is COc1ccc2c(c1)[C@]1(O[C@@H](CC(=O)N3Cc4ccccc4C[C@H]3CO)[C@H]([Si](C)(C)F)[C@H]1C)C(=O)N2Cc1ccc(NC(=O)Cc2c[nH]c3ccccc23)cc1. The van der Waals surface area contributed by atoms with Gasteiger partial charge in [0.1, 0.15) is 5.75 Å². The van der Waals surface area contributed by atoms with Crippen LogP contribution in [-0.2, 0) is 50.7 Å². The van der Waals surface area contributed by atoms with Crippen LogP contribution in [-0.4, -0.2) is 67.0 Å². The molecular weight excluding hydrogens is 728 g/mol. The third-order valence-electron chi connectivity index (χ3n) is 12.0. The molecular formula is C44H47FN4O6Si. The molecule has 0 saturated carbocycles. The smallest absolute Gasteiger partial charge is 0.264 e. The highest BCUT2D eigenvalue weighted by Gasteiger charge is 2.67. The highest BCUT2D eigenvalue weighted by molar-refractivity contribution is 6.72. The maximum atomic E-state index is 16.6. The molecule has 8 rings (SSSR count). The fourth-order valence-electron chi connectivity index (χ4n) is 9.37. The van der Waals surface area contributed by atoms with Crippen LogP contribution in [0.5, 0.6) is 5.75 Å². The van der Waals surface area contributed by atoms with Crippen molar-refractivity contribution in [1.82, 2.24) is 9.88 Å². The van der Waals surface area contributed by atoms with Gasteiger partial charge in [0.15, 0.2) is 5.60 Å². The van der Waals surface area contributed by atoms with Gasteiger partial charge < -0.3 is 38.8 Å². The lowest BCUT2D eigenvalue weighted by Crippen LogP contribution is -2.48. The van der Waals surface area contributed by atoms with Crippen molar-refractivity contribution in [2.24, 2.45) is 5.92 Å². The molecule has 1 fully saturated rings. The number of methoxy groups -OCH3 is 1. The van der Waals surface area contributed by atoms with Gasteiger partial charge in [-0.25, -0.2) is 0 Å². The van der Waals surface area contributed by atoms with Crippen LogP contribution >= 0.6 is 0 Å². The van der Waals surface area contributed by atoms with Crippen LogP contribution in [0.4, 0.5) is 15.5 Å². The van der Waals surface area contributed by atoms with Gasteiger partial charge in [0, 0.05) is 46.4 Å². The minimum Gasteiger partial charge on any atom is -0.497 e. The van der Waals surface area contributed by atoms with Gasteiger partial charge in [0.25, 0.3) is 5.91 Å². The summed E-state index contributed by atoms with van der Waals surface area (Å²) in [5, 5.41) is 14.3. The zero-order valence-electron chi connectivity index (χ0n) is 32.1. The highest BCUT2D eigenvalue weighted by atomic mass is 28.4. The minimum atomic E-state index is -3.55. The van der Waals surface area contributed by atoms with Gasteiger partial charge in [-0.1, -0.05) is 61.5 Å². The van der Waals surface area contributed by atoms with Crippen molar-refractivity contribution in [3.05, 3.63) is 125 Å². The average molecular weight is 775 g/mol. The Morgan fingerprint density at radius 1 is 1.04 bits per heavy atom. The number of fused-ring (bicyclic) bond motifs is 4. The lowest BCUT2D eigenvalue weighted by Gasteiger charge is -2.37. The van der Waals surface area contributed by atoms with Crippen molar-refractivity contribution in [3.8, 4) is 5.75 Å². The summed E-state index contributed by atoms with van der Waals surface area (Å²) in [4.78, 5) is 48.7. The number of halogens is 1. The quantitative estimate of drug-likeness (QED) is 0.104. The highest BCUT2D eigenvalue weighted by Crippen LogP contribution is 2.61. The fourth-order valence-corrected chi connectivity index (χ4v) is 11.9. The summed E-state index contributed by atoms with van der Waals surface area (Å²) in [6, 6.07) is 28.1. The second-order valence-corrected chi connectivity index (χ2v) is 19.7. The number of ether oxygens (including phenoxy) is 2. The van der Waals surface area contributed by atoms with Gasteiger partial charge in [0.05, 0.1) is 50.9 Å². The molecule has 12 heteroatoms. The molecule has 1 spiro atoms. The molecule has 3 amide bonds. The molecule has 0 bridgehead atoms. The van der Waals surface area contributed by atoms with Crippen molar-refractivity contribution in [2.45, 2.75) is 75.7 Å². The van der Waals surface area contributed by atoms with E-state index >= 15 is 4.11 Å². The molecule has 5 atom stereocenters. The molecule has 5 aromatic rings. The number of hydrogen-bond acceptors (Lipinski definition) is 6. The van der Waals surface area contributed by atoms with E-state index in [2.05, 4.69) is 10.3 Å². The summed E-state index contributed by atoms with van der Waals surface area (Å²) in [6.45, 7) is 5.45.